The molecule has 0 spiro atoms. The molecule has 1 aromatic carbocycles. The molecule has 1 saturated heterocycles. The third-order valence-electron chi connectivity index (χ3n) is 5.60. The molecule has 0 aromatic heterocycles. The number of likely N-dealkylation sites (tertiary alicyclic amines) is 1. The number of benzene rings is 1. The van der Waals surface area contributed by atoms with Crippen molar-refractivity contribution < 1.29 is 4.79 Å². The van der Waals surface area contributed by atoms with E-state index in [2.05, 4.69) is 48.8 Å². The van der Waals surface area contributed by atoms with Gasteiger partial charge in [-0.25, -0.2) is 0 Å². The first-order valence-electron chi connectivity index (χ1n) is 9.35. The number of anilines is 2. The molecule has 1 amide bonds. The van der Waals surface area contributed by atoms with Gasteiger partial charge in [0.1, 0.15) is 0 Å². The largest absolute Gasteiger partial charge is 0.368 e. The SMILES string of the molecule is CC(=O)N1c2ccccc2N(CC2CCN(C(C)C)CC2)C[C@@H]1C. The van der Waals surface area contributed by atoms with Crippen LogP contribution in [0, 0.1) is 5.92 Å². The van der Waals surface area contributed by atoms with Gasteiger partial charge in [0.25, 0.3) is 0 Å². The molecular formula is C20H31N3O. The normalized spacial score (nSPS) is 22.8. The number of carbonyl (C=O) groups is 1. The van der Waals surface area contributed by atoms with E-state index < -0.39 is 0 Å². The van der Waals surface area contributed by atoms with Crippen LogP contribution in [-0.2, 0) is 4.79 Å². The van der Waals surface area contributed by atoms with Crippen molar-refractivity contribution in [2.24, 2.45) is 5.92 Å². The van der Waals surface area contributed by atoms with E-state index in [1.54, 1.807) is 6.92 Å². The molecule has 2 aliphatic heterocycles. The zero-order chi connectivity index (χ0) is 17.3. The average Bonchev–Trinajstić information content (AvgIpc) is 2.55. The van der Waals surface area contributed by atoms with Gasteiger partial charge in [-0.3, -0.25) is 4.79 Å². The van der Waals surface area contributed by atoms with Gasteiger partial charge in [-0.15, -0.1) is 0 Å². The maximum absolute atomic E-state index is 12.1. The second-order valence-electron chi connectivity index (χ2n) is 7.70. The van der Waals surface area contributed by atoms with Crippen LogP contribution in [0.4, 0.5) is 11.4 Å². The van der Waals surface area contributed by atoms with Crippen molar-refractivity contribution in [1.82, 2.24) is 4.90 Å². The van der Waals surface area contributed by atoms with Gasteiger partial charge in [0, 0.05) is 26.1 Å². The topological polar surface area (TPSA) is 26.8 Å². The van der Waals surface area contributed by atoms with Crippen LogP contribution < -0.4 is 9.80 Å². The third-order valence-corrected chi connectivity index (χ3v) is 5.60. The Hall–Kier alpha value is -1.55. The van der Waals surface area contributed by atoms with Gasteiger partial charge >= 0.3 is 0 Å². The predicted octanol–water partition coefficient (Wildman–Crippen LogP) is 3.37. The summed E-state index contributed by atoms with van der Waals surface area (Å²) in [7, 11) is 0. The molecule has 0 unspecified atom stereocenters. The van der Waals surface area contributed by atoms with E-state index in [4.69, 9.17) is 0 Å². The standard InChI is InChI=1S/C20H31N3O/c1-15(2)21-11-9-18(10-12-21)14-22-13-16(3)23(17(4)24)20-8-6-5-7-19(20)22/h5-8,15-16,18H,9-14H2,1-4H3/t16-/m0/s1. The minimum Gasteiger partial charge on any atom is -0.368 e. The van der Waals surface area contributed by atoms with E-state index in [9.17, 15) is 4.79 Å². The van der Waals surface area contributed by atoms with Gasteiger partial charge in [0.05, 0.1) is 17.4 Å². The van der Waals surface area contributed by atoms with Gasteiger partial charge in [-0.2, -0.15) is 0 Å². The molecule has 4 heteroatoms. The summed E-state index contributed by atoms with van der Waals surface area (Å²) in [6.45, 7) is 12.9. The number of fused-ring (bicyclic) bond motifs is 1. The molecule has 1 fully saturated rings. The van der Waals surface area contributed by atoms with E-state index in [0.717, 1.165) is 24.7 Å². The summed E-state index contributed by atoms with van der Waals surface area (Å²) >= 11 is 0. The lowest BCUT2D eigenvalue weighted by Crippen LogP contribution is -2.51. The Morgan fingerprint density at radius 2 is 1.79 bits per heavy atom. The highest BCUT2D eigenvalue weighted by Crippen LogP contribution is 2.36. The quantitative estimate of drug-likeness (QED) is 0.851. The number of hydrogen-bond acceptors (Lipinski definition) is 3. The molecular weight excluding hydrogens is 298 g/mol. The fourth-order valence-electron chi connectivity index (χ4n) is 4.29. The number of hydrogen-bond donors (Lipinski definition) is 0. The summed E-state index contributed by atoms with van der Waals surface area (Å²) in [5.74, 6) is 0.893. The van der Waals surface area contributed by atoms with Crippen LogP contribution in [0.2, 0.25) is 0 Å². The number of rotatable bonds is 3. The Bertz CT molecular complexity index is 578. The van der Waals surface area contributed by atoms with Crippen LogP contribution in [-0.4, -0.2) is 49.1 Å². The second-order valence-corrected chi connectivity index (χ2v) is 7.70. The molecule has 3 rings (SSSR count). The van der Waals surface area contributed by atoms with Crippen molar-refractivity contribution >= 4 is 17.3 Å². The summed E-state index contributed by atoms with van der Waals surface area (Å²) in [6, 6.07) is 9.26. The molecule has 0 N–H and O–H groups in total. The van der Waals surface area contributed by atoms with E-state index in [-0.39, 0.29) is 11.9 Å². The number of para-hydroxylation sites is 2. The summed E-state index contributed by atoms with van der Waals surface area (Å²) in [5, 5.41) is 0. The van der Waals surface area contributed by atoms with Gasteiger partial charge < -0.3 is 14.7 Å². The number of carbonyl (C=O) groups excluding carboxylic acids is 1. The zero-order valence-electron chi connectivity index (χ0n) is 15.5. The lowest BCUT2D eigenvalue weighted by Gasteiger charge is -2.44. The Labute approximate surface area is 146 Å². The van der Waals surface area contributed by atoms with Crippen LogP contribution in [0.3, 0.4) is 0 Å². The van der Waals surface area contributed by atoms with Crippen LogP contribution >= 0.6 is 0 Å². The highest BCUT2D eigenvalue weighted by molar-refractivity contribution is 5.97. The molecule has 0 saturated carbocycles. The van der Waals surface area contributed by atoms with Gasteiger partial charge in [-0.1, -0.05) is 12.1 Å². The highest BCUT2D eigenvalue weighted by Gasteiger charge is 2.32. The summed E-state index contributed by atoms with van der Waals surface area (Å²) < 4.78 is 0. The first-order chi connectivity index (χ1) is 11.5. The fraction of sp³-hybridized carbons (Fsp3) is 0.650. The lowest BCUT2D eigenvalue weighted by atomic mass is 9.94. The van der Waals surface area contributed by atoms with E-state index >= 15 is 0 Å². The minimum atomic E-state index is 0.139. The molecule has 2 aliphatic rings. The van der Waals surface area contributed by atoms with Crippen molar-refractivity contribution in [2.75, 3.05) is 36.0 Å². The molecule has 0 aliphatic carbocycles. The second kappa shape index (κ2) is 7.14. The molecule has 2 heterocycles. The van der Waals surface area contributed by atoms with E-state index in [1.807, 2.05) is 11.0 Å². The van der Waals surface area contributed by atoms with Crippen LogP contribution in [0.25, 0.3) is 0 Å². The fourth-order valence-corrected chi connectivity index (χ4v) is 4.29. The Kier molecular flexibility index (Phi) is 5.14. The van der Waals surface area contributed by atoms with Crippen LogP contribution in [0.5, 0.6) is 0 Å². The highest BCUT2D eigenvalue weighted by atomic mass is 16.2. The van der Waals surface area contributed by atoms with Crippen molar-refractivity contribution in [1.29, 1.82) is 0 Å². The Morgan fingerprint density at radius 3 is 2.38 bits per heavy atom. The maximum atomic E-state index is 12.1. The minimum absolute atomic E-state index is 0.139. The molecule has 132 valence electrons. The van der Waals surface area contributed by atoms with Crippen LogP contribution in [0.15, 0.2) is 24.3 Å². The van der Waals surface area contributed by atoms with Crippen molar-refractivity contribution in [3.63, 3.8) is 0 Å². The molecule has 0 bridgehead atoms. The third kappa shape index (κ3) is 3.44. The number of nitrogens with zero attached hydrogens (tertiary/aromatic N) is 3. The van der Waals surface area contributed by atoms with Gasteiger partial charge in [-0.05, 0) is 64.8 Å². The molecule has 4 nitrogen and oxygen atoms in total. The summed E-state index contributed by atoms with van der Waals surface area (Å²) in [4.78, 5) is 19.1. The molecule has 24 heavy (non-hydrogen) atoms. The molecule has 1 aromatic rings. The summed E-state index contributed by atoms with van der Waals surface area (Å²) in [6.07, 6.45) is 2.56. The number of amides is 1. The van der Waals surface area contributed by atoms with Crippen molar-refractivity contribution in [3.05, 3.63) is 24.3 Å². The monoisotopic (exact) mass is 329 g/mol. The van der Waals surface area contributed by atoms with Crippen molar-refractivity contribution in [3.8, 4) is 0 Å². The molecule has 0 radical (unpaired) electrons. The smallest absolute Gasteiger partial charge is 0.224 e. The van der Waals surface area contributed by atoms with Crippen LogP contribution in [0.1, 0.15) is 40.5 Å². The van der Waals surface area contributed by atoms with E-state index in [1.165, 1.54) is 31.6 Å². The Morgan fingerprint density at radius 1 is 1.17 bits per heavy atom. The average molecular weight is 329 g/mol. The first-order valence-corrected chi connectivity index (χ1v) is 9.35. The van der Waals surface area contributed by atoms with E-state index in [0.29, 0.717) is 6.04 Å². The van der Waals surface area contributed by atoms with Crippen molar-refractivity contribution in [2.45, 2.75) is 52.6 Å². The predicted molar refractivity (Wildman–Crippen MR) is 101 cm³/mol. The summed E-state index contributed by atoms with van der Waals surface area (Å²) in [5.41, 5.74) is 2.29. The van der Waals surface area contributed by atoms with Gasteiger partial charge in [0.2, 0.25) is 5.91 Å². The maximum Gasteiger partial charge on any atom is 0.224 e. The van der Waals surface area contributed by atoms with Gasteiger partial charge in [0.15, 0.2) is 0 Å². The lowest BCUT2D eigenvalue weighted by molar-refractivity contribution is -0.117. The zero-order valence-corrected chi connectivity index (χ0v) is 15.5. The molecule has 1 atom stereocenters. The Balaban J connectivity index is 1.73. The number of piperidine rings is 1. The first kappa shape index (κ1) is 17.3.